The Morgan fingerprint density at radius 3 is 2.61 bits per heavy atom. The van der Waals surface area contributed by atoms with Crippen LogP contribution in [0.1, 0.15) is 43.0 Å². The maximum Gasteiger partial charge on any atom is 0.251 e. The van der Waals surface area contributed by atoms with Crippen molar-refractivity contribution in [3.8, 4) is 0 Å². The first-order valence-electron chi connectivity index (χ1n) is 7.94. The molecule has 1 amide bonds. The summed E-state index contributed by atoms with van der Waals surface area (Å²) in [5.41, 5.74) is 0.478. The van der Waals surface area contributed by atoms with E-state index in [2.05, 4.69) is 23.5 Å². The van der Waals surface area contributed by atoms with E-state index in [-0.39, 0.29) is 23.4 Å². The van der Waals surface area contributed by atoms with Gasteiger partial charge in [-0.2, -0.15) is 0 Å². The summed E-state index contributed by atoms with van der Waals surface area (Å²) < 4.78 is 26.3. The SMILES string of the molecule is C=CCNS(=O)(=O)c1ccc(C(=O)NC2CCCC(C)C2)cc1. The van der Waals surface area contributed by atoms with Crippen molar-refractivity contribution in [1.29, 1.82) is 0 Å². The molecule has 23 heavy (non-hydrogen) atoms. The minimum absolute atomic E-state index is 0.141. The molecule has 1 aliphatic carbocycles. The third-order valence-corrected chi connectivity index (χ3v) is 5.56. The first-order valence-corrected chi connectivity index (χ1v) is 9.42. The molecule has 2 N–H and O–H groups in total. The monoisotopic (exact) mass is 336 g/mol. The van der Waals surface area contributed by atoms with Crippen LogP contribution in [0, 0.1) is 5.92 Å². The van der Waals surface area contributed by atoms with Gasteiger partial charge in [0.1, 0.15) is 0 Å². The summed E-state index contributed by atoms with van der Waals surface area (Å²) in [4.78, 5) is 12.4. The summed E-state index contributed by atoms with van der Waals surface area (Å²) in [6.07, 6.45) is 5.84. The van der Waals surface area contributed by atoms with Crippen LogP contribution in [-0.2, 0) is 10.0 Å². The van der Waals surface area contributed by atoms with E-state index in [4.69, 9.17) is 0 Å². The molecular formula is C17H24N2O3S. The average molecular weight is 336 g/mol. The maximum absolute atomic E-state index is 12.3. The average Bonchev–Trinajstić information content (AvgIpc) is 2.53. The van der Waals surface area contributed by atoms with Gasteiger partial charge in [-0.05, 0) is 43.0 Å². The lowest BCUT2D eigenvalue weighted by Gasteiger charge is -2.27. The van der Waals surface area contributed by atoms with Gasteiger partial charge in [0.25, 0.3) is 5.91 Å². The molecule has 2 atom stereocenters. The van der Waals surface area contributed by atoms with Crippen molar-refractivity contribution in [2.45, 2.75) is 43.5 Å². The Kier molecular flexibility index (Phi) is 5.96. The van der Waals surface area contributed by atoms with Gasteiger partial charge in [0.2, 0.25) is 10.0 Å². The molecule has 1 saturated carbocycles. The number of carbonyl (C=O) groups excluding carboxylic acids is 1. The molecule has 0 spiro atoms. The summed E-state index contributed by atoms with van der Waals surface area (Å²) in [6.45, 7) is 5.85. The van der Waals surface area contributed by atoms with Crippen molar-refractivity contribution in [2.24, 2.45) is 5.92 Å². The first-order chi connectivity index (χ1) is 10.9. The van der Waals surface area contributed by atoms with Crippen molar-refractivity contribution in [3.05, 3.63) is 42.5 Å². The van der Waals surface area contributed by atoms with Gasteiger partial charge in [0.15, 0.2) is 0 Å². The number of hydrogen-bond donors (Lipinski definition) is 2. The molecule has 0 heterocycles. The highest BCUT2D eigenvalue weighted by Gasteiger charge is 2.21. The lowest BCUT2D eigenvalue weighted by atomic mass is 9.87. The standard InChI is InChI=1S/C17H24N2O3S/c1-3-11-18-23(21,22)16-9-7-14(8-10-16)17(20)19-15-6-4-5-13(2)12-15/h3,7-10,13,15,18H,1,4-6,11-12H2,2H3,(H,19,20). The van der Waals surface area contributed by atoms with E-state index in [0.717, 1.165) is 19.3 Å². The van der Waals surface area contributed by atoms with E-state index in [0.29, 0.717) is 11.5 Å². The van der Waals surface area contributed by atoms with Crippen LogP contribution in [0.4, 0.5) is 0 Å². The first kappa shape index (κ1) is 17.7. The molecule has 0 aromatic heterocycles. The van der Waals surface area contributed by atoms with E-state index < -0.39 is 10.0 Å². The number of sulfonamides is 1. The molecule has 1 aromatic rings. The van der Waals surface area contributed by atoms with Crippen molar-refractivity contribution in [2.75, 3.05) is 6.54 Å². The summed E-state index contributed by atoms with van der Waals surface area (Å²) in [6, 6.07) is 6.20. The fourth-order valence-corrected chi connectivity index (χ4v) is 3.87. The van der Waals surface area contributed by atoms with E-state index in [1.165, 1.54) is 24.6 Å². The minimum Gasteiger partial charge on any atom is -0.349 e. The van der Waals surface area contributed by atoms with Crippen LogP contribution < -0.4 is 10.0 Å². The molecule has 6 heteroatoms. The Balaban J connectivity index is 2.01. The van der Waals surface area contributed by atoms with Gasteiger partial charge < -0.3 is 5.32 Å². The summed E-state index contributed by atoms with van der Waals surface area (Å²) in [5, 5.41) is 3.04. The lowest BCUT2D eigenvalue weighted by Crippen LogP contribution is -2.38. The number of hydrogen-bond acceptors (Lipinski definition) is 3. The van der Waals surface area contributed by atoms with Crippen LogP contribution in [-0.4, -0.2) is 26.9 Å². The third kappa shape index (κ3) is 4.91. The molecule has 1 aliphatic rings. The van der Waals surface area contributed by atoms with Crippen LogP contribution in [0.25, 0.3) is 0 Å². The van der Waals surface area contributed by atoms with E-state index in [9.17, 15) is 13.2 Å². The van der Waals surface area contributed by atoms with Gasteiger partial charge >= 0.3 is 0 Å². The zero-order valence-corrected chi connectivity index (χ0v) is 14.2. The molecule has 0 aliphatic heterocycles. The van der Waals surface area contributed by atoms with E-state index in [1.54, 1.807) is 12.1 Å². The molecule has 0 saturated heterocycles. The van der Waals surface area contributed by atoms with Gasteiger partial charge in [0.05, 0.1) is 4.90 Å². The van der Waals surface area contributed by atoms with E-state index >= 15 is 0 Å². The van der Waals surface area contributed by atoms with Crippen LogP contribution in [0.15, 0.2) is 41.8 Å². The van der Waals surface area contributed by atoms with Gasteiger partial charge in [0, 0.05) is 18.2 Å². The lowest BCUT2D eigenvalue weighted by molar-refractivity contribution is 0.0921. The molecule has 126 valence electrons. The molecule has 1 aromatic carbocycles. The quantitative estimate of drug-likeness (QED) is 0.784. The Hall–Kier alpha value is -1.66. The van der Waals surface area contributed by atoms with Crippen molar-refractivity contribution >= 4 is 15.9 Å². The Bertz CT molecular complexity index is 653. The zero-order valence-electron chi connectivity index (χ0n) is 13.4. The Morgan fingerprint density at radius 1 is 1.30 bits per heavy atom. The molecule has 0 bridgehead atoms. The fourth-order valence-electron chi connectivity index (χ4n) is 2.87. The second kappa shape index (κ2) is 7.75. The smallest absolute Gasteiger partial charge is 0.251 e. The normalized spacial score (nSPS) is 21.6. The minimum atomic E-state index is -3.55. The number of amides is 1. The van der Waals surface area contributed by atoms with Crippen molar-refractivity contribution < 1.29 is 13.2 Å². The van der Waals surface area contributed by atoms with Crippen LogP contribution >= 0.6 is 0 Å². The zero-order chi connectivity index (χ0) is 16.9. The van der Waals surface area contributed by atoms with Crippen LogP contribution in [0.2, 0.25) is 0 Å². The van der Waals surface area contributed by atoms with Gasteiger partial charge in [-0.3, -0.25) is 4.79 Å². The number of carbonyl (C=O) groups is 1. The maximum atomic E-state index is 12.3. The van der Waals surface area contributed by atoms with Crippen molar-refractivity contribution in [1.82, 2.24) is 10.0 Å². The summed E-state index contributed by atoms with van der Waals surface area (Å²) in [7, 11) is -3.55. The number of benzene rings is 1. The molecule has 1 fully saturated rings. The summed E-state index contributed by atoms with van der Waals surface area (Å²) in [5.74, 6) is 0.490. The highest BCUT2D eigenvalue weighted by atomic mass is 32.2. The Morgan fingerprint density at radius 2 is 2.00 bits per heavy atom. The fraction of sp³-hybridized carbons (Fsp3) is 0.471. The Labute approximate surface area is 138 Å². The van der Waals surface area contributed by atoms with E-state index in [1.807, 2.05) is 0 Å². The van der Waals surface area contributed by atoms with Crippen LogP contribution in [0.5, 0.6) is 0 Å². The predicted molar refractivity (Wildman–Crippen MR) is 90.7 cm³/mol. The highest BCUT2D eigenvalue weighted by molar-refractivity contribution is 7.89. The van der Waals surface area contributed by atoms with Gasteiger partial charge in [-0.25, -0.2) is 13.1 Å². The number of nitrogens with one attached hydrogen (secondary N) is 2. The summed E-state index contributed by atoms with van der Waals surface area (Å²) >= 11 is 0. The molecule has 0 radical (unpaired) electrons. The molecule has 5 nitrogen and oxygen atoms in total. The highest BCUT2D eigenvalue weighted by Crippen LogP contribution is 2.23. The van der Waals surface area contributed by atoms with Gasteiger partial charge in [-0.15, -0.1) is 6.58 Å². The molecule has 2 unspecified atom stereocenters. The second-order valence-electron chi connectivity index (χ2n) is 6.11. The molecule has 2 rings (SSSR count). The third-order valence-electron chi connectivity index (χ3n) is 4.12. The van der Waals surface area contributed by atoms with Crippen molar-refractivity contribution in [3.63, 3.8) is 0 Å². The number of rotatable bonds is 6. The second-order valence-corrected chi connectivity index (χ2v) is 7.87. The molecular weight excluding hydrogens is 312 g/mol. The van der Waals surface area contributed by atoms with Crippen LogP contribution in [0.3, 0.4) is 0 Å². The largest absolute Gasteiger partial charge is 0.349 e. The topological polar surface area (TPSA) is 75.3 Å². The van der Waals surface area contributed by atoms with Gasteiger partial charge in [-0.1, -0.05) is 25.8 Å². The predicted octanol–water partition coefficient (Wildman–Crippen LogP) is 2.46.